The second-order valence-electron chi connectivity index (χ2n) is 13.3. The molecule has 22 nitrogen and oxygen atoms in total. The summed E-state index contributed by atoms with van der Waals surface area (Å²) in [5.41, 5.74) is -0.0966. The molecule has 4 aliphatic rings. The van der Waals surface area contributed by atoms with Gasteiger partial charge < -0.3 is 110 Å². The Labute approximate surface area is 309 Å². The van der Waals surface area contributed by atoms with Crippen molar-refractivity contribution < 1.29 is 110 Å². The van der Waals surface area contributed by atoms with Crippen molar-refractivity contribution >= 4 is 6.08 Å². The molecule has 2 aromatic carbocycles. The van der Waals surface area contributed by atoms with E-state index in [0.717, 1.165) is 24.3 Å². The van der Waals surface area contributed by atoms with Crippen molar-refractivity contribution in [3.8, 4) is 34.5 Å². The van der Waals surface area contributed by atoms with Gasteiger partial charge >= 0.3 is 0 Å². The molecule has 16 N–H and O–H groups in total. The minimum atomic E-state index is -1.99. The highest BCUT2D eigenvalue weighted by molar-refractivity contribution is 5.70. The van der Waals surface area contributed by atoms with E-state index in [9.17, 15) is 76.6 Å². The molecule has 0 aromatic heterocycles. The maximum Gasteiger partial charge on any atom is 0.270 e. The molecule has 16 atom stereocenters. The molecule has 0 amide bonds. The standard InChI is InChI=1S/C33H42O22/c34-6-17-21(41)24(44)27(47)31(52-17)50-15-4-10(37)3-14-11(15)5-16(29(49-14)9-1-12(38)20(40)13(39)2-9)51-33-30(26(46)23(43)19(8-36)54-33)55-32-28(48)25(45)22(42)18(7-35)53-32/h1-5,17-19,21-48H,6-8H2/p+1/t17-,18-,19+,21-,22-,23-,24+,25+,26+,27+,28-,29?,30-,31-,32+,33-/m1/s1. The molecule has 0 aliphatic carbocycles. The third-order valence-corrected chi connectivity index (χ3v) is 9.65. The van der Waals surface area contributed by atoms with Crippen LogP contribution in [0.25, 0.3) is 6.08 Å². The third-order valence-electron chi connectivity index (χ3n) is 9.65. The molecule has 2 aromatic rings. The van der Waals surface area contributed by atoms with E-state index in [1.165, 1.54) is 6.08 Å². The van der Waals surface area contributed by atoms with E-state index < -0.39 is 141 Å². The fourth-order valence-corrected chi connectivity index (χ4v) is 6.55. The highest BCUT2D eigenvalue weighted by Crippen LogP contribution is 2.48. The third kappa shape index (κ3) is 7.80. The second-order valence-corrected chi connectivity index (χ2v) is 13.3. The van der Waals surface area contributed by atoms with Crippen LogP contribution in [0.5, 0.6) is 34.5 Å². The zero-order chi connectivity index (χ0) is 40.0. The molecule has 0 spiro atoms. The maximum atomic E-state index is 11.2. The van der Waals surface area contributed by atoms with Crippen LogP contribution >= 0.6 is 0 Å². The van der Waals surface area contributed by atoms with Crippen LogP contribution in [-0.2, 0) is 23.7 Å². The van der Waals surface area contributed by atoms with Crippen LogP contribution in [0.15, 0.2) is 30.0 Å². The van der Waals surface area contributed by atoms with Gasteiger partial charge in [0.1, 0.15) is 84.2 Å². The van der Waals surface area contributed by atoms with Crippen molar-refractivity contribution in [3.05, 3.63) is 41.2 Å². The zero-order valence-corrected chi connectivity index (χ0v) is 28.4. The van der Waals surface area contributed by atoms with E-state index in [0.29, 0.717) is 0 Å². The molecule has 4 heterocycles. The molecule has 306 valence electrons. The van der Waals surface area contributed by atoms with Crippen LogP contribution in [0.4, 0.5) is 0 Å². The smallest absolute Gasteiger partial charge is 0.270 e. The molecule has 0 saturated carbocycles. The number of fused-ring (bicyclic) bond motifs is 1. The summed E-state index contributed by atoms with van der Waals surface area (Å²) < 4.78 is 38.9. The Hall–Kier alpha value is -3.82. The second kappa shape index (κ2) is 16.3. The molecular weight excluding hydrogens is 748 g/mol. The number of hydrogen-bond acceptors (Lipinski definition) is 21. The van der Waals surface area contributed by atoms with E-state index >= 15 is 0 Å². The highest BCUT2D eigenvalue weighted by atomic mass is 16.8. The number of aromatic hydroxyl groups is 5. The average Bonchev–Trinajstić information content (AvgIpc) is 3.16. The molecule has 3 saturated heterocycles. The van der Waals surface area contributed by atoms with Crippen molar-refractivity contribution in [2.24, 2.45) is 0 Å². The van der Waals surface area contributed by atoms with Gasteiger partial charge in [-0.3, -0.25) is 0 Å². The van der Waals surface area contributed by atoms with Crippen LogP contribution in [0, 0.1) is 0 Å². The minimum absolute atomic E-state index is 0.0327. The number of rotatable bonds is 10. The molecule has 55 heavy (non-hydrogen) atoms. The number of aliphatic hydroxyl groups excluding tert-OH is 11. The van der Waals surface area contributed by atoms with Crippen LogP contribution < -0.4 is 4.74 Å². The Balaban J connectivity index is 1.41. The summed E-state index contributed by atoms with van der Waals surface area (Å²) in [6.07, 6.45) is -26.9. The lowest BCUT2D eigenvalue weighted by Gasteiger charge is -2.46. The van der Waals surface area contributed by atoms with Crippen LogP contribution in [0.3, 0.4) is 0 Å². The number of hydrogen-bond donors (Lipinski definition) is 15. The van der Waals surface area contributed by atoms with Gasteiger partial charge in [-0.15, -0.1) is 0 Å². The zero-order valence-electron chi connectivity index (χ0n) is 28.4. The first-order valence-electron chi connectivity index (χ1n) is 16.8. The van der Waals surface area contributed by atoms with Gasteiger partial charge in [-0.2, -0.15) is 0 Å². The fourth-order valence-electron chi connectivity index (χ4n) is 6.55. The molecule has 22 heteroatoms. The van der Waals surface area contributed by atoms with Gasteiger partial charge in [-0.05, 0) is 12.1 Å². The van der Waals surface area contributed by atoms with E-state index in [1.807, 2.05) is 0 Å². The Kier molecular flexibility index (Phi) is 12.1. The van der Waals surface area contributed by atoms with Gasteiger partial charge in [0.15, 0.2) is 35.4 Å². The number of ether oxygens (including phenoxy) is 7. The topological polar surface area (TPSA) is 372 Å². The number of aliphatic hydroxyl groups is 12. The summed E-state index contributed by atoms with van der Waals surface area (Å²) >= 11 is 0. The van der Waals surface area contributed by atoms with Crippen LogP contribution in [0.2, 0.25) is 0 Å². The van der Waals surface area contributed by atoms with Crippen molar-refractivity contribution in [2.75, 3.05) is 19.8 Å². The first kappa shape index (κ1) is 40.8. The molecule has 0 radical (unpaired) electrons. The van der Waals surface area contributed by atoms with Crippen molar-refractivity contribution in [1.82, 2.24) is 0 Å². The molecule has 0 bridgehead atoms. The fraction of sp³-hybridized carbons (Fsp3) is 0.576. The number of benzene rings is 2. The molecule has 1 unspecified atom stereocenters. The highest BCUT2D eigenvalue weighted by Gasteiger charge is 2.52. The van der Waals surface area contributed by atoms with Gasteiger partial charge in [0.25, 0.3) is 11.9 Å². The van der Waals surface area contributed by atoms with Crippen LogP contribution in [0.1, 0.15) is 17.2 Å². The lowest BCUT2D eigenvalue weighted by atomic mass is 9.97. The Morgan fingerprint density at radius 1 is 0.564 bits per heavy atom. The maximum absolute atomic E-state index is 11.2. The van der Waals surface area contributed by atoms with Crippen molar-refractivity contribution in [3.63, 3.8) is 0 Å². The minimum Gasteiger partial charge on any atom is -0.571 e. The van der Waals surface area contributed by atoms with E-state index in [2.05, 4.69) is 4.74 Å². The predicted octanol–water partition coefficient (Wildman–Crippen LogP) is -5.33. The Morgan fingerprint density at radius 2 is 1.07 bits per heavy atom. The quantitative estimate of drug-likeness (QED) is 0.0789. The average molecular weight is 792 g/mol. The van der Waals surface area contributed by atoms with Gasteiger partial charge in [-0.25, -0.2) is 0 Å². The molecule has 4 aliphatic heterocycles. The van der Waals surface area contributed by atoms with E-state index in [-0.39, 0.29) is 28.4 Å². The Morgan fingerprint density at radius 3 is 1.64 bits per heavy atom. The van der Waals surface area contributed by atoms with Crippen molar-refractivity contribution in [1.29, 1.82) is 0 Å². The summed E-state index contributed by atoms with van der Waals surface area (Å²) in [6.45, 7) is -2.50. The monoisotopic (exact) mass is 791 g/mol. The largest absolute Gasteiger partial charge is 0.571 e. The number of phenolic OH excluding ortho intramolecular Hbond substituents is 4. The summed E-state index contributed by atoms with van der Waals surface area (Å²) in [5.74, 6) is -3.60. The van der Waals surface area contributed by atoms with Crippen LogP contribution in [-0.4, -0.2) is 193 Å². The summed E-state index contributed by atoms with van der Waals surface area (Å²) in [7, 11) is 0. The predicted molar refractivity (Wildman–Crippen MR) is 174 cm³/mol. The van der Waals surface area contributed by atoms with E-state index in [1.54, 1.807) is 0 Å². The first-order valence-corrected chi connectivity index (χ1v) is 16.8. The first-order chi connectivity index (χ1) is 26.1. The summed E-state index contributed by atoms with van der Waals surface area (Å²) in [4.78, 5) is 0. The molecule has 6 rings (SSSR count). The van der Waals surface area contributed by atoms with Gasteiger partial charge in [0.2, 0.25) is 12.6 Å². The van der Waals surface area contributed by atoms with Gasteiger partial charge in [0.05, 0.1) is 31.5 Å². The van der Waals surface area contributed by atoms with Gasteiger partial charge in [-0.1, -0.05) is 0 Å². The summed E-state index contributed by atoms with van der Waals surface area (Å²) in [6, 6.07) is 4.20. The lowest BCUT2D eigenvalue weighted by molar-refractivity contribution is -0.364. The lowest BCUT2D eigenvalue weighted by Crippen LogP contribution is -2.64. The van der Waals surface area contributed by atoms with Crippen molar-refractivity contribution in [2.45, 2.75) is 98.2 Å². The number of phenols is 4. The SMILES string of the molecule is OC[C@@H]1O[C@@H](OC2=Cc3c(O[C@@H]4O[C@H](CO)[C@@H](O)[C@H](O)[C@@H]4O)cc(O)cc3[OH+]C2c2cc(O)c(O)c(O)c2)[C@H](O[C@@H]2O[C@H](CO)[C@@H](O)[C@H](O)[C@H]2O)[C@@H](O)[C@@H]1O. The molecular formula is C33H43O22+. The summed E-state index contributed by atoms with van der Waals surface area (Å²) in [5, 5.41) is 155. The Bertz CT molecular complexity index is 1660. The van der Waals surface area contributed by atoms with Gasteiger partial charge in [0, 0.05) is 12.1 Å². The normalized spacial score (nSPS) is 39.1. The molecule has 3 fully saturated rings. The van der Waals surface area contributed by atoms with E-state index in [4.69, 9.17) is 28.4 Å².